The van der Waals surface area contributed by atoms with Crippen molar-refractivity contribution in [1.29, 1.82) is 0 Å². The molecule has 35 heavy (non-hydrogen) atoms. The zero-order valence-corrected chi connectivity index (χ0v) is 20.4. The number of anilines is 1. The van der Waals surface area contributed by atoms with E-state index >= 15 is 0 Å². The summed E-state index contributed by atoms with van der Waals surface area (Å²) in [6.45, 7) is 6.28. The number of hydrogen-bond donors (Lipinski definition) is 1. The molecule has 1 aromatic rings. The first-order valence-electron chi connectivity index (χ1n) is 12.3. The predicted octanol–water partition coefficient (Wildman–Crippen LogP) is 1.92. The van der Waals surface area contributed by atoms with Crippen LogP contribution in [0.3, 0.4) is 0 Å². The van der Waals surface area contributed by atoms with Gasteiger partial charge in [-0.05, 0) is 56.9 Å². The zero-order valence-electron chi connectivity index (χ0n) is 20.4. The molecule has 3 aliphatic rings. The number of carbonyl (C=O) groups is 3. The quantitative estimate of drug-likeness (QED) is 0.289. The van der Waals surface area contributed by atoms with Crippen molar-refractivity contribution in [1.82, 2.24) is 4.90 Å². The fraction of sp³-hybridized carbons (Fsp3) is 0.577. The minimum Gasteiger partial charge on any atom is -0.497 e. The first-order valence-corrected chi connectivity index (χ1v) is 12.3. The average Bonchev–Trinajstić information content (AvgIpc) is 3.50. The van der Waals surface area contributed by atoms with Crippen LogP contribution in [-0.2, 0) is 23.9 Å². The maximum atomic E-state index is 14.2. The van der Waals surface area contributed by atoms with Crippen LogP contribution in [0.1, 0.15) is 32.6 Å². The maximum Gasteiger partial charge on any atom is 0.312 e. The van der Waals surface area contributed by atoms with Crippen molar-refractivity contribution in [3.05, 3.63) is 36.9 Å². The Morgan fingerprint density at radius 3 is 2.69 bits per heavy atom. The fourth-order valence-corrected chi connectivity index (χ4v) is 5.93. The Labute approximate surface area is 205 Å². The first kappa shape index (κ1) is 25.2. The molecule has 3 saturated heterocycles. The first-order chi connectivity index (χ1) is 16.9. The Bertz CT molecular complexity index is 965. The summed E-state index contributed by atoms with van der Waals surface area (Å²) >= 11 is 0. The molecule has 5 atom stereocenters. The zero-order chi connectivity index (χ0) is 25.2. The van der Waals surface area contributed by atoms with E-state index in [-0.39, 0.29) is 31.6 Å². The summed E-state index contributed by atoms with van der Waals surface area (Å²) in [5, 5.41) is 9.28. The van der Waals surface area contributed by atoms with Crippen LogP contribution in [0.2, 0.25) is 0 Å². The van der Waals surface area contributed by atoms with Crippen LogP contribution in [0.4, 0.5) is 5.69 Å². The summed E-state index contributed by atoms with van der Waals surface area (Å²) in [6, 6.07) is 6.23. The van der Waals surface area contributed by atoms with Gasteiger partial charge in [0.05, 0.1) is 31.7 Å². The number of aliphatic hydroxyl groups excluding tert-OH is 1. The van der Waals surface area contributed by atoms with Crippen molar-refractivity contribution in [3.63, 3.8) is 0 Å². The van der Waals surface area contributed by atoms with Gasteiger partial charge in [-0.3, -0.25) is 14.4 Å². The van der Waals surface area contributed by atoms with E-state index in [4.69, 9.17) is 14.2 Å². The second-order valence-corrected chi connectivity index (χ2v) is 9.21. The van der Waals surface area contributed by atoms with E-state index in [9.17, 15) is 19.5 Å². The molecule has 0 saturated carbocycles. The fourth-order valence-electron chi connectivity index (χ4n) is 5.93. The summed E-state index contributed by atoms with van der Waals surface area (Å²) in [5.74, 6) is -1.79. The number of methoxy groups -OCH3 is 1. The molecule has 3 fully saturated rings. The van der Waals surface area contributed by atoms with Crippen molar-refractivity contribution < 1.29 is 33.7 Å². The number of aliphatic hydroxyl groups is 1. The van der Waals surface area contributed by atoms with Gasteiger partial charge in [0.1, 0.15) is 17.4 Å². The Morgan fingerprint density at radius 1 is 1.31 bits per heavy atom. The number of hydrogen-bond acceptors (Lipinski definition) is 7. The second-order valence-electron chi connectivity index (χ2n) is 9.21. The Balaban J connectivity index is 1.73. The van der Waals surface area contributed by atoms with Crippen molar-refractivity contribution >= 4 is 23.5 Å². The molecule has 9 nitrogen and oxygen atoms in total. The summed E-state index contributed by atoms with van der Waals surface area (Å²) in [6.07, 6.45) is 3.34. The van der Waals surface area contributed by atoms with Crippen LogP contribution >= 0.6 is 0 Å². The van der Waals surface area contributed by atoms with Crippen molar-refractivity contribution in [2.75, 3.05) is 38.3 Å². The van der Waals surface area contributed by atoms with Gasteiger partial charge in [-0.1, -0.05) is 6.08 Å². The molecule has 0 radical (unpaired) electrons. The van der Waals surface area contributed by atoms with Gasteiger partial charge in [-0.25, -0.2) is 0 Å². The normalized spacial score (nSPS) is 28.7. The number of benzene rings is 1. The number of unbranched alkanes of at least 4 members (excludes halogenated alkanes) is 1. The average molecular weight is 487 g/mol. The third-order valence-electron chi connectivity index (χ3n) is 7.36. The molecule has 2 amide bonds. The number of ether oxygens (including phenoxy) is 3. The smallest absolute Gasteiger partial charge is 0.312 e. The minimum absolute atomic E-state index is 0.00627. The maximum absolute atomic E-state index is 14.2. The Kier molecular flexibility index (Phi) is 7.47. The molecule has 3 heterocycles. The lowest BCUT2D eigenvalue weighted by molar-refractivity contribution is -0.154. The molecule has 1 N–H and O–H groups in total. The Morgan fingerprint density at radius 2 is 2.06 bits per heavy atom. The number of esters is 1. The number of nitrogens with zero attached hydrogens (tertiary/aromatic N) is 2. The molecule has 9 heteroatoms. The topological polar surface area (TPSA) is 106 Å². The third kappa shape index (κ3) is 4.21. The SMILES string of the molecule is C=CCN(C(=O)C1N(CCCCO)C(=O)[C@@H]2[C@H](C(=O)OCC)[C@@H]3CCC12O3)c1ccc(OC)cc1. The van der Waals surface area contributed by atoms with E-state index in [2.05, 4.69) is 6.58 Å². The highest BCUT2D eigenvalue weighted by Gasteiger charge is 2.75. The van der Waals surface area contributed by atoms with E-state index in [1.54, 1.807) is 54.2 Å². The van der Waals surface area contributed by atoms with Crippen LogP contribution in [0, 0.1) is 11.8 Å². The molecule has 190 valence electrons. The van der Waals surface area contributed by atoms with Gasteiger partial charge in [0.25, 0.3) is 5.91 Å². The summed E-state index contributed by atoms with van der Waals surface area (Å²) in [4.78, 5) is 44.0. The van der Waals surface area contributed by atoms with E-state index in [0.29, 0.717) is 43.7 Å². The van der Waals surface area contributed by atoms with Gasteiger partial charge in [-0.15, -0.1) is 6.58 Å². The van der Waals surface area contributed by atoms with Crippen LogP contribution in [0.15, 0.2) is 36.9 Å². The highest BCUT2D eigenvalue weighted by molar-refractivity contribution is 6.04. The molecular formula is C26H34N2O7. The summed E-state index contributed by atoms with van der Waals surface area (Å²) in [5.41, 5.74) is -0.436. The van der Waals surface area contributed by atoms with Crippen LogP contribution in [-0.4, -0.2) is 79.0 Å². The lowest BCUT2D eigenvalue weighted by Gasteiger charge is -2.36. The molecule has 4 rings (SSSR count). The van der Waals surface area contributed by atoms with E-state index in [1.807, 2.05) is 0 Å². The predicted molar refractivity (Wildman–Crippen MR) is 128 cm³/mol. The van der Waals surface area contributed by atoms with E-state index in [1.165, 1.54) is 0 Å². The number of likely N-dealkylation sites (tertiary alicyclic amines) is 1. The monoisotopic (exact) mass is 486 g/mol. The lowest BCUT2D eigenvalue weighted by atomic mass is 9.70. The van der Waals surface area contributed by atoms with Crippen LogP contribution in [0.25, 0.3) is 0 Å². The van der Waals surface area contributed by atoms with E-state index in [0.717, 1.165) is 0 Å². The van der Waals surface area contributed by atoms with Gasteiger partial charge in [0.15, 0.2) is 0 Å². The largest absolute Gasteiger partial charge is 0.497 e. The molecule has 2 unspecified atom stereocenters. The number of amides is 2. The van der Waals surface area contributed by atoms with Crippen LogP contribution < -0.4 is 9.64 Å². The Hall–Kier alpha value is -2.91. The van der Waals surface area contributed by atoms with Gasteiger partial charge in [-0.2, -0.15) is 0 Å². The molecule has 1 spiro atoms. The molecule has 3 aliphatic heterocycles. The van der Waals surface area contributed by atoms with Crippen molar-refractivity contribution in [2.45, 2.75) is 50.4 Å². The molecule has 1 aromatic carbocycles. The van der Waals surface area contributed by atoms with Gasteiger partial charge in [0, 0.05) is 25.4 Å². The minimum atomic E-state index is -1.08. The molecule has 0 aromatic heterocycles. The van der Waals surface area contributed by atoms with Crippen molar-refractivity contribution in [3.8, 4) is 5.75 Å². The standard InChI is InChI=1S/C26H34N2O7/c1-4-14-27(17-8-10-18(33-3)11-9-17)24(31)22-26-13-12-19(35-26)20(25(32)34-5-2)21(26)23(30)28(22)15-6-7-16-29/h4,8-11,19-22,29H,1,5-7,12-16H2,2-3H3/t19-,20+,21-,22?,26?/m0/s1. The molecular weight excluding hydrogens is 452 g/mol. The van der Waals surface area contributed by atoms with Gasteiger partial charge >= 0.3 is 5.97 Å². The summed E-state index contributed by atoms with van der Waals surface area (Å²) < 4.78 is 16.9. The van der Waals surface area contributed by atoms with Gasteiger partial charge in [0.2, 0.25) is 5.91 Å². The number of rotatable bonds is 11. The molecule has 0 aliphatic carbocycles. The van der Waals surface area contributed by atoms with Crippen molar-refractivity contribution in [2.24, 2.45) is 11.8 Å². The number of carbonyl (C=O) groups excluding carboxylic acids is 3. The third-order valence-corrected chi connectivity index (χ3v) is 7.36. The highest BCUT2D eigenvalue weighted by atomic mass is 16.6. The molecule has 2 bridgehead atoms. The second kappa shape index (κ2) is 10.4. The van der Waals surface area contributed by atoms with Crippen LogP contribution in [0.5, 0.6) is 5.75 Å². The lowest BCUT2D eigenvalue weighted by Crippen LogP contribution is -2.56. The summed E-state index contributed by atoms with van der Waals surface area (Å²) in [7, 11) is 1.57. The van der Waals surface area contributed by atoms with Gasteiger partial charge < -0.3 is 29.1 Å². The highest BCUT2D eigenvalue weighted by Crippen LogP contribution is 2.59. The van der Waals surface area contributed by atoms with E-state index < -0.39 is 35.6 Å². The number of fused-ring (bicyclic) bond motifs is 1.